The monoisotopic (exact) mass is 355 g/mol. The number of hydrogen-bond donors (Lipinski definition) is 1. The van der Waals surface area contributed by atoms with E-state index in [-0.39, 0.29) is 12.0 Å². The molecule has 138 valence electrons. The molecular formula is C19H25N5O2. The van der Waals surface area contributed by atoms with Gasteiger partial charge in [-0.2, -0.15) is 0 Å². The molecule has 2 aliphatic rings. The van der Waals surface area contributed by atoms with E-state index in [0.29, 0.717) is 18.3 Å². The number of carbonyl (C=O) groups excluding carboxylic acids is 1. The molecule has 0 aliphatic carbocycles. The molecule has 0 bridgehead atoms. The van der Waals surface area contributed by atoms with Crippen LogP contribution in [0.15, 0.2) is 18.2 Å². The molecule has 2 aromatic rings. The van der Waals surface area contributed by atoms with E-state index in [9.17, 15) is 4.79 Å². The van der Waals surface area contributed by atoms with Gasteiger partial charge in [0.15, 0.2) is 5.69 Å². The van der Waals surface area contributed by atoms with Gasteiger partial charge < -0.3 is 10.1 Å². The van der Waals surface area contributed by atoms with Crippen molar-refractivity contribution in [2.75, 3.05) is 24.5 Å². The normalized spacial score (nSPS) is 20.6. The SMILES string of the molecule is Cc1ccc2c(c1)OC(C)CN2C(=O)c1nnn(C2CCNCC2)c1C. The molecule has 1 fully saturated rings. The predicted octanol–water partition coefficient (Wildman–Crippen LogP) is 2.25. The number of benzene rings is 1. The quantitative estimate of drug-likeness (QED) is 0.894. The zero-order valence-corrected chi connectivity index (χ0v) is 15.5. The number of hydrogen-bond acceptors (Lipinski definition) is 5. The summed E-state index contributed by atoms with van der Waals surface area (Å²) in [6, 6.07) is 6.23. The Hall–Kier alpha value is -2.41. The first-order valence-electron chi connectivity index (χ1n) is 9.26. The number of nitrogens with one attached hydrogen (secondary N) is 1. The number of aryl methyl sites for hydroxylation is 1. The van der Waals surface area contributed by atoms with Gasteiger partial charge in [-0.3, -0.25) is 9.69 Å². The molecule has 0 spiro atoms. The van der Waals surface area contributed by atoms with Crippen LogP contribution >= 0.6 is 0 Å². The first-order chi connectivity index (χ1) is 12.5. The first-order valence-corrected chi connectivity index (χ1v) is 9.26. The van der Waals surface area contributed by atoms with E-state index in [1.165, 1.54) is 0 Å². The highest BCUT2D eigenvalue weighted by atomic mass is 16.5. The van der Waals surface area contributed by atoms with Gasteiger partial charge in [-0.05, 0) is 64.4 Å². The maximum absolute atomic E-state index is 13.3. The van der Waals surface area contributed by atoms with Crippen LogP contribution in [0.3, 0.4) is 0 Å². The molecule has 1 N–H and O–H groups in total. The highest BCUT2D eigenvalue weighted by molar-refractivity contribution is 6.06. The second kappa shape index (κ2) is 6.72. The van der Waals surface area contributed by atoms with Gasteiger partial charge in [0.1, 0.15) is 11.9 Å². The maximum atomic E-state index is 13.3. The lowest BCUT2D eigenvalue weighted by Gasteiger charge is -2.33. The molecule has 1 atom stereocenters. The van der Waals surface area contributed by atoms with Crippen molar-refractivity contribution < 1.29 is 9.53 Å². The summed E-state index contributed by atoms with van der Waals surface area (Å²) in [7, 11) is 0. The van der Waals surface area contributed by atoms with E-state index in [4.69, 9.17) is 4.74 Å². The van der Waals surface area contributed by atoms with Crippen molar-refractivity contribution in [1.29, 1.82) is 0 Å². The molecule has 4 rings (SSSR count). The Labute approximate surface area is 153 Å². The number of piperidine rings is 1. The van der Waals surface area contributed by atoms with Crippen LogP contribution in [0.25, 0.3) is 0 Å². The van der Waals surface area contributed by atoms with Crippen LogP contribution in [-0.2, 0) is 0 Å². The summed E-state index contributed by atoms with van der Waals surface area (Å²) in [5.74, 6) is 0.642. The van der Waals surface area contributed by atoms with Crippen molar-refractivity contribution in [3.05, 3.63) is 35.2 Å². The summed E-state index contributed by atoms with van der Waals surface area (Å²) < 4.78 is 7.84. The lowest BCUT2D eigenvalue weighted by atomic mass is 10.1. The van der Waals surface area contributed by atoms with Crippen LogP contribution in [0.5, 0.6) is 5.75 Å². The zero-order chi connectivity index (χ0) is 18.3. The number of amides is 1. The van der Waals surface area contributed by atoms with E-state index in [2.05, 4.69) is 15.6 Å². The van der Waals surface area contributed by atoms with E-state index in [1.54, 1.807) is 4.90 Å². The third-order valence-corrected chi connectivity index (χ3v) is 5.20. The summed E-state index contributed by atoms with van der Waals surface area (Å²) in [6.45, 7) is 8.39. The molecule has 1 unspecified atom stereocenters. The Morgan fingerprint density at radius 1 is 1.27 bits per heavy atom. The molecule has 0 saturated carbocycles. The van der Waals surface area contributed by atoms with Crippen LogP contribution in [-0.4, -0.2) is 46.6 Å². The number of anilines is 1. The fraction of sp³-hybridized carbons (Fsp3) is 0.526. The molecule has 7 nitrogen and oxygen atoms in total. The largest absolute Gasteiger partial charge is 0.487 e. The molecule has 1 aromatic heterocycles. The van der Waals surface area contributed by atoms with Crippen LogP contribution in [0.4, 0.5) is 5.69 Å². The number of carbonyl (C=O) groups is 1. The Kier molecular flexibility index (Phi) is 4.40. The molecule has 7 heteroatoms. The molecule has 1 saturated heterocycles. The smallest absolute Gasteiger partial charge is 0.280 e. The van der Waals surface area contributed by atoms with Gasteiger partial charge in [-0.25, -0.2) is 4.68 Å². The first kappa shape index (κ1) is 17.0. The standard InChI is InChI=1S/C19H25N5O2/c1-12-4-5-16-17(10-12)26-13(2)11-23(16)19(25)18-14(3)24(22-21-18)15-6-8-20-9-7-15/h4-5,10,13,15,20H,6-9,11H2,1-3H3. The van der Waals surface area contributed by atoms with Crippen molar-refractivity contribution in [3.8, 4) is 5.75 Å². The summed E-state index contributed by atoms with van der Waals surface area (Å²) in [5.41, 5.74) is 3.19. The van der Waals surface area contributed by atoms with Crippen LogP contribution < -0.4 is 15.0 Å². The predicted molar refractivity (Wildman–Crippen MR) is 98.8 cm³/mol. The summed E-state index contributed by atoms with van der Waals surface area (Å²) in [6.07, 6.45) is 1.95. The molecule has 1 amide bonds. The Morgan fingerprint density at radius 2 is 2.04 bits per heavy atom. The van der Waals surface area contributed by atoms with Crippen molar-refractivity contribution in [1.82, 2.24) is 20.3 Å². The number of nitrogens with zero attached hydrogens (tertiary/aromatic N) is 4. The fourth-order valence-corrected chi connectivity index (χ4v) is 3.80. The minimum atomic E-state index is -0.108. The Balaban J connectivity index is 1.65. The molecule has 1 aromatic carbocycles. The van der Waals surface area contributed by atoms with Crippen molar-refractivity contribution in [2.45, 2.75) is 45.8 Å². The van der Waals surface area contributed by atoms with Gasteiger partial charge in [-0.15, -0.1) is 5.10 Å². The molecule has 3 heterocycles. The van der Waals surface area contributed by atoms with Crippen molar-refractivity contribution >= 4 is 11.6 Å². The van der Waals surface area contributed by atoms with E-state index >= 15 is 0 Å². The lowest BCUT2D eigenvalue weighted by Crippen LogP contribution is -2.42. The van der Waals surface area contributed by atoms with E-state index in [0.717, 1.165) is 48.6 Å². The Bertz CT molecular complexity index is 825. The third-order valence-electron chi connectivity index (χ3n) is 5.20. The average Bonchev–Trinajstić information content (AvgIpc) is 3.02. The molecule has 2 aliphatic heterocycles. The number of aromatic nitrogens is 3. The van der Waals surface area contributed by atoms with Crippen molar-refractivity contribution in [3.63, 3.8) is 0 Å². The van der Waals surface area contributed by atoms with Crippen molar-refractivity contribution in [2.24, 2.45) is 0 Å². The van der Waals surface area contributed by atoms with Crippen LogP contribution in [0.2, 0.25) is 0 Å². The summed E-state index contributed by atoms with van der Waals surface area (Å²) in [5, 5.41) is 11.9. The van der Waals surface area contributed by atoms with Gasteiger partial charge in [0, 0.05) is 0 Å². The molecule has 26 heavy (non-hydrogen) atoms. The van der Waals surface area contributed by atoms with Gasteiger partial charge >= 0.3 is 0 Å². The second-order valence-corrected chi connectivity index (χ2v) is 7.26. The highest BCUT2D eigenvalue weighted by Crippen LogP contribution is 2.35. The van der Waals surface area contributed by atoms with Gasteiger partial charge in [0.05, 0.1) is 24.0 Å². The van der Waals surface area contributed by atoms with E-state index in [1.807, 2.05) is 43.7 Å². The topological polar surface area (TPSA) is 72.3 Å². The maximum Gasteiger partial charge on any atom is 0.280 e. The van der Waals surface area contributed by atoms with Crippen LogP contribution in [0.1, 0.15) is 47.6 Å². The average molecular weight is 355 g/mol. The molecular weight excluding hydrogens is 330 g/mol. The number of ether oxygens (including phenoxy) is 1. The second-order valence-electron chi connectivity index (χ2n) is 7.26. The summed E-state index contributed by atoms with van der Waals surface area (Å²) >= 11 is 0. The van der Waals surface area contributed by atoms with Gasteiger partial charge in [-0.1, -0.05) is 11.3 Å². The van der Waals surface area contributed by atoms with E-state index < -0.39 is 0 Å². The number of fused-ring (bicyclic) bond motifs is 1. The fourth-order valence-electron chi connectivity index (χ4n) is 3.80. The minimum absolute atomic E-state index is 0.0620. The molecule has 0 radical (unpaired) electrons. The lowest BCUT2D eigenvalue weighted by molar-refractivity contribution is 0.0955. The van der Waals surface area contributed by atoms with Gasteiger partial charge in [0.2, 0.25) is 0 Å². The highest BCUT2D eigenvalue weighted by Gasteiger charge is 2.32. The third kappa shape index (κ3) is 2.96. The summed E-state index contributed by atoms with van der Waals surface area (Å²) in [4.78, 5) is 15.0. The Morgan fingerprint density at radius 3 is 2.81 bits per heavy atom. The zero-order valence-electron chi connectivity index (χ0n) is 15.5. The van der Waals surface area contributed by atoms with Crippen LogP contribution in [0, 0.1) is 13.8 Å². The van der Waals surface area contributed by atoms with Gasteiger partial charge in [0.25, 0.3) is 5.91 Å². The number of rotatable bonds is 2. The minimum Gasteiger partial charge on any atom is -0.487 e.